The van der Waals surface area contributed by atoms with Gasteiger partial charge in [0.15, 0.2) is 0 Å². The molecule has 0 unspecified atom stereocenters. The lowest BCUT2D eigenvalue weighted by Gasteiger charge is -2.05. The molecule has 5 nitrogen and oxygen atoms in total. The Morgan fingerprint density at radius 1 is 1.00 bits per heavy atom. The van der Waals surface area contributed by atoms with Gasteiger partial charge in [0.1, 0.15) is 11.6 Å². The van der Waals surface area contributed by atoms with Crippen molar-refractivity contribution in [3.63, 3.8) is 0 Å². The van der Waals surface area contributed by atoms with Gasteiger partial charge >= 0.3 is 0 Å². The van der Waals surface area contributed by atoms with E-state index in [2.05, 4.69) is 4.99 Å². The molecule has 0 radical (unpaired) electrons. The summed E-state index contributed by atoms with van der Waals surface area (Å²) in [5, 5.41) is 14.4. The monoisotopic (exact) mass is 440 g/mol. The Hall–Kier alpha value is -3.29. The molecular weight excluding hydrogens is 415 g/mol. The maximum absolute atomic E-state index is 12.9. The van der Waals surface area contributed by atoms with E-state index >= 15 is 0 Å². The van der Waals surface area contributed by atoms with Gasteiger partial charge in [-0.25, -0.2) is 17.9 Å². The number of aromatic hydroxyl groups is 1. The van der Waals surface area contributed by atoms with Gasteiger partial charge in [-0.2, -0.15) is 0 Å². The van der Waals surface area contributed by atoms with E-state index in [1.807, 2.05) is 26.0 Å². The van der Waals surface area contributed by atoms with Crippen molar-refractivity contribution in [3.05, 3.63) is 101 Å². The summed E-state index contributed by atoms with van der Waals surface area (Å²) < 4.78 is 34.4. The number of aliphatic imine (C=N–C) groups is 1. The Morgan fingerprint density at radius 2 is 1.61 bits per heavy atom. The van der Waals surface area contributed by atoms with Gasteiger partial charge in [-0.3, -0.25) is 4.99 Å². The second-order valence-corrected chi connectivity index (χ2v) is 8.41. The van der Waals surface area contributed by atoms with E-state index in [9.17, 15) is 17.9 Å². The average Bonchev–Trinajstić information content (AvgIpc) is 2.72. The number of hydrogen-bond donors (Lipinski definition) is 2. The summed E-state index contributed by atoms with van der Waals surface area (Å²) in [6.45, 7) is 3.83. The van der Waals surface area contributed by atoms with Gasteiger partial charge in [0.05, 0.1) is 10.6 Å². The maximum atomic E-state index is 12.9. The Balaban J connectivity index is 0.000000262. The third kappa shape index (κ3) is 7.47. The normalized spacial score (nSPS) is 12.2. The first kappa shape index (κ1) is 24.0. The first-order chi connectivity index (χ1) is 14.6. The molecule has 0 atom stereocenters. The number of hydrogen-bond acceptors (Lipinski definition) is 4. The molecule has 0 aromatic heterocycles. The second-order valence-electron chi connectivity index (χ2n) is 6.85. The Labute approximate surface area is 182 Å². The molecule has 0 fully saturated rings. The van der Waals surface area contributed by atoms with Gasteiger partial charge < -0.3 is 5.11 Å². The van der Waals surface area contributed by atoms with E-state index in [1.165, 1.54) is 24.3 Å². The molecule has 0 aliphatic heterocycles. The van der Waals surface area contributed by atoms with Gasteiger partial charge in [0.2, 0.25) is 10.0 Å². The maximum Gasteiger partial charge on any atom is 0.238 e. The number of rotatable bonds is 4. The summed E-state index contributed by atoms with van der Waals surface area (Å²) in [5.74, 6) is -0.0459. The molecule has 0 amide bonds. The standard InChI is InChI=1S/C17H16FNO.C7H9NO2S/c1-12(13-6-8-15(18)9-7-13)10-17(19-2)14-4-3-5-16(20)11-14;1-6-2-4-7(5-3-6)11(8,9)10/h3-11,20H,1-2H3;2-5H,1H3,(H2,8,9,10)/b12-10+,19-17?;. The quantitative estimate of drug-likeness (QED) is 0.576. The van der Waals surface area contributed by atoms with Gasteiger partial charge in [0, 0.05) is 12.6 Å². The molecule has 7 heteroatoms. The number of primary sulfonamides is 1. The third-order valence-corrected chi connectivity index (χ3v) is 5.31. The minimum Gasteiger partial charge on any atom is -0.508 e. The number of halogens is 1. The lowest BCUT2D eigenvalue weighted by molar-refractivity contribution is 0.475. The molecule has 3 aromatic rings. The number of aryl methyl sites for hydroxylation is 1. The molecule has 0 saturated carbocycles. The highest BCUT2D eigenvalue weighted by Gasteiger charge is 2.05. The van der Waals surface area contributed by atoms with E-state index in [1.54, 1.807) is 49.5 Å². The fourth-order valence-corrected chi connectivity index (χ4v) is 3.19. The minimum absolute atomic E-state index is 0.156. The number of benzene rings is 3. The predicted octanol–water partition coefficient (Wildman–Crippen LogP) is 4.70. The first-order valence-corrected chi connectivity index (χ1v) is 10.9. The predicted molar refractivity (Wildman–Crippen MR) is 123 cm³/mol. The van der Waals surface area contributed by atoms with Crippen LogP contribution in [-0.4, -0.2) is 26.3 Å². The second kappa shape index (κ2) is 10.7. The van der Waals surface area contributed by atoms with Gasteiger partial charge in [-0.05, 0) is 67.5 Å². The minimum atomic E-state index is -3.52. The molecule has 0 spiro atoms. The molecule has 0 bridgehead atoms. The van der Waals surface area contributed by atoms with Crippen LogP contribution in [0.2, 0.25) is 0 Å². The zero-order chi connectivity index (χ0) is 23.0. The zero-order valence-electron chi connectivity index (χ0n) is 17.6. The fourth-order valence-electron chi connectivity index (χ4n) is 2.67. The Kier molecular flexibility index (Phi) is 8.24. The SMILES string of the molecule is CN=C(/C=C(\C)c1ccc(F)cc1)c1cccc(O)c1.Cc1ccc(S(N)(=O)=O)cc1. The van der Waals surface area contributed by atoms with E-state index in [0.29, 0.717) is 0 Å². The third-order valence-electron chi connectivity index (χ3n) is 4.39. The van der Waals surface area contributed by atoms with Gasteiger partial charge in [-0.15, -0.1) is 0 Å². The number of sulfonamides is 1. The van der Waals surface area contributed by atoms with Crippen LogP contribution in [0.15, 0.2) is 88.8 Å². The van der Waals surface area contributed by atoms with Crippen LogP contribution in [0.3, 0.4) is 0 Å². The molecule has 0 aliphatic rings. The van der Waals surface area contributed by atoms with Crippen LogP contribution < -0.4 is 5.14 Å². The Bertz CT molecular complexity index is 1180. The van der Waals surface area contributed by atoms with Crippen LogP contribution in [0.5, 0.6) is 5.75 Å². The van der Waals surface area contributed by atoms with Crippen molar-refractivity contribution < 1.29 is 17.9 Å². The van der Waals surface area contributed by atoms with Crippen LogP contribution in [0.4, 0.5) is 4.39 Å². The number of nitrogens with two attached hydrogens (primary N) is 1. The molecule has 3 rings (SSSR count). The molecule has 162 valence electrons. The topological polar surface area (TPSA) is 92.8 Å². The van der Waals surface area contributed by atoms with Crippen molar-refractivity contribution >= 4 is 21.3 Å². The summed E-state index contributed by atoms with van der Waals surface area (Å²) in [5.41, 5.74) is 4.54. The highest BCUT2D eigenvalue weighted by atomic mass is 32.2. The molecule has 0 aliphatic carbocycles. The van der Waals surface area contributed by atoms with E-state index in [4.69, 9.17) is 5.14 Å². The number of phenols is 1. The Morgan fingerprint density at radius 3 is 2.13 bits per heavy atom. The molecular formula is C24H25FN2O3S. The summed E-state index contributed by atoms with van der Waals surface area (Å²) in [4.78, 5) is 4.39. The van der Waals surface area contributed by atoms with Crippen molar-refractivity contribution in [2.75, 3.05) is 7.05 Å². The highest BCUT2D eigenvalue weighted by Crippen LogP contribution is 2.18. The van der Waals surface area contributed by atoms with Crippen molar-refractivity contribution in [2.45, 2.75) is 18.7 Å². The summed E-state index contributed by atoms with van der Waals surface area (Å²) >= 11 is 0. The average molecular weight is 441 g/mol. The van der Waals surface area contributed by atoms with Crippen LogP contribution in [0.25, 0.3) is 5.57 Å². The number of nitrogens with zero attached hydrogens (tertiary/aromatic N) is 1. The first-order valence-electron chi connectivity index (χ1n) is 9.40. The van der Waals surface area contributed by atoms with Crippen LogP contribution in [-0.2, 0) is 10.0 Å². The van der Waals surface area contributed by atoms with Crippen LogP contribution in [0.1, 0.15) is 23.6 Å². The van der Waals surface area contributed by atoms with Gasteiger partial charge in [0.25, 0.3) is 0 Å². The lowest BCUT2D eigenvalue weighted by atomic mass is 10.0. The van der Waals surface area contributed by atoms with Gasteiger partial charge in [-0.1, -0.05) is 42.0 Å². The number of allylic oxidation sites excluding steroid dienone is 2. The smallest absolute Gasteiger partial charge is 0.238 e. The lowest BCUT2D eigenvalue weighted by Crippen LogP contribution is -2.11. The molecule has 31 heavy (non-hydrogen) atoms. The zero-order valence-corrected chi connectivity index (χ0v) is 18.4. The highest BCUT2D eigenvalue weighted by molar-refractivity contribution is 7.89. The molecule has 3 N–H and O–H groups in total. The van der Waals surface area contributed by atoms with E-state index in [0.717, 1.165) is 28.0 Å². The van der Waals surface area contributed by atoms with E-state index in [-0.39, 0.29) is 16.5 Å². The van der Waals surface area contributed by atoms with Crippen molar-refractivity contribution in [3.8, 4) is 5.75 Å². The summed E-state index contributed by atoms with van der Waals surface area (Å²) in [6, 6.07) is 19.7. The molecule has 3 aromatic carbocycles. The summed E-state index contributed by atoms with van der Waals surface area (Å²) in [6.07, 6.45) is 1.92. The van der Waals surface area contributed by atoms with Crippen molar-refractivity contribution in [2.24, 2.45) is 10.1 Å². The largest absolute Gasteiger partial charge is 0.508 e. The molecule has 0 heterocycles. The van der Waals surface area contributed by atoms with Crippen molar-refractivity contribution in [1.82, 2.24) is 0 Å². The van der Waals surface area contributed by atoms with Crippen LogP contribution in [0, 0.1) is 12.7 Å². The van der Waals surface area contributed by atoms with Crippen LogP contribution >= 0.6 is 0 Å². The molecule has 0 saturated heterocycles. The van der Waals surface area contributed by atoms with Crippen molar-refractivity contribution in [1.29, 1.82) is 0 Å². The van der Waals surface area contributed by atoms with E-state index < -0.39 is 10.0 Å². The summed E-state index contributed by atoms with van der Waals surface area (Å²) in [7, 11) is -1.82. The number of phenolic OH excluding ortho intramolecular Hbond substituents is 1. The fraction of sp³-hybridized carbons (Fsp3) is 0.125.